The van der Waals surface area contributed by atoms with Crippen molar-refractivity contribution < 1.29 is 19.1 Å². The maximum absolute atomic E-state index is 12.1. The molecular weight excluding hydrogens is 384 g/mol. The van der Waals surface area contributed by atoms with Crippen LogP contribution in [0.3, 0.4) is 0 Å². The quantitative estimate of drug-likeness (QED) is 0.640. The molecule has 0 saturated carbocycles. The highest BCUT2D eigenvalue weighted by molar-refractivity contribution is 7.13. The van der Waals surface area contributed by atoms with E-state index in [0.717, 1.165) is 12.0 Å². The lowest BCUT2D eigenvalue weighted by molar-refractivity contribution is -0.123. The Morgan fingerprint density at radius 1 is 1.11 bits per heavy atom. The summed E-state index contributed by atoms with van der Waals surface area (Å²) < 4.78 is 4.94. The second-order valence-electron chi connectivity index (χ2n) is 5.52. The lowest BCUT2D eigenvalue weighted by Crippen LogP contribution is -2.33. The average molecular weight is 400 g/mol. The molecule has 2 heterocycles. The number of aryl methyl sites for hydroxylation is 1. The zero-order chi connectivity index (χ0) is 19.2. The molecule has 2 aromatic heterocycles. The van der Waals surface area contributed by atoms with Gasteiger partial charge in [0, 0.05) is 10.9 Å². The number of hydrogen-bond donors (Lipinski definition) is 1. The summed E-state index contributed by atoms with van der Waals surface area (Å²) in [6, 6.07) is 11.3. The number of esters is 1. The fourth-order valence-electron chi connectivity index (χ4n) is 2.22. The van der Waals surface area contributed by atoms with E-state index in [2.05, 4.69) is 17.2 Å². The summed E-state index contributed by atoms with van der Waals surface area (Å²) in [6.07, 6.45) is 0.951. The van der Waals surface area contributed by atoms with Crippen LogP contribution in [0.1, 0.15) is 32.6 Å². The standard InChI is InChI=1S/C19H16N2O4S2/c1-2-12-5-7-13(8-6-12)18-20-14(11-27-18)19(24)25-10-16(22)21-17(23)15-4-3-9-26-15/h3-9,11H,2,10H2,1H3,(H,21,22,23). The number of amides is 2. The predicted octanol–water partition coefficient (Wildman–Crippen LogP) is 3.55. The number of aromatic nitrogens is 1. The minimum atomic E-state index is -0.707. The number of carbonyl (C=O) groups is 3. The van der Waals surface area contributed by atoms with Crippen LogP contribution >= 0.6 is 22.7 Å². The molecule has 0 aliphatic rings. The zero-order valence-corrected chi connectivity index (χ0v) is 16.1. The maximum Gasteiger partial charge on any atom is 0.358 e. The van der Waals surface area contributed by atoms with Gasteiger partial charge in [-0.25, -0.2) is 9.78 Å². The normalized spacial score (nSPS) is 10.4. The Balaban J connectivity index is 1.54. The molecule has 138 valence electrons. The van der Waals surface area contributed by atoms with Gasteiger partial charge in [0.25, 0.3) is 11.8 Å². The first-order valence-corrected chi connectivity index (χ1v) is 9.92. The van der Waals surface area contributed by atoms with Crippen LogP contribution in [0.2, 0.25) is 0 Å². The topological polar surface area (TPSA) is 85.4 Å². The molecule has 1 aromatic carbocycles. The molecule has 0 aliphatic heterocycles. The summed E-state index contributed by atoms with van der Waals surface area (Å²) >= 11 is 2.54. The number of nitrogens with zero attached hydrogens (tertiary/aromatic N) is 1. The van der Waals surface area contributed by atoms with E-state index >= 15 is 0 Å². The van der Waals surface area contributed by atoms with Crippen LogP contribution in [0.5, 0.6) is 0 Å². The molecular formula is C19H16N2O4S2. The molecule has 0 spiro atoms. The number of hydrogen-bond acceptors (Lipinski definition) is 7. The van der Waals surface area contributed by atoms with Crippen molar-refractivity contribution in [3.63, 3.8) is 0 Å². The number of ether oxygens (including phenoxy) is 1. The number of thiazole rings is 1. The summed E-state index contributed by atoms with van der Waals surface area (Å²) in [4.78, 5) is 40.3. The summed E-state index contributed by atoms with van der Waals surface area (Å²) in [5.74, 6) is -1.91. The molecule has 0 bridgehead atoms. The van der Waals surface area contributed by atoms with Gasteiger partial charge in [-0.3, -0.25) is 14.9 Å². The van der Waals surface area contributed by atoms with E-state index in [1.54, 1.807) is 22.9 Å². The van der Waals surface area contributed by atoms with E-state index in [1.807, 2.05) is 24.3 Å². The minimum absolute atomic E-state index is 0.131. The zero-order valence-electron chi connectivity index (χ0n) is 14.4. The van der Waals surface area contributed by atoms with Crippen molar-refractivity contribution in [2.75, 3.05) is 6.61 Å². The van der Waals surface area contributed by atoms with Gasteiger partial charge in [-0.15, -0.1) is 22.7 Å². The lowest BCUT2D eigenvalue weighted by atomic mass is 10.1. The highest BCUT2D eigenvalue weighted by Crippen LogP contribution is 2.24. The second-order valence-corrected chi connectivity index (χ2v) is 7.32. The molecule has 3 aromatic rings. The molecule has 8 heteroatoms. The molecule has 0 fully saturated rings. The summed E-state index contributed by atoms with van der Waals surface area (Å²) in [7, 11) is 0. The van der Waals surface area contributed by atoms with Crippen molar-refractivity contribution in [3.05, 3.63) is 63.3 Å². The summed E-state index contributed by atoms with van der Waals surface area (Å²) in [5, 5.41) is 6.18. The molecule has 1 N–H and O–H groups in total. The number of nitrogens with one attached hydrogen (secondary N) is 1. The molecule has 0 saturated heterocycles. The van der Waals surface area contributed by atoms with Crippen molar-refractivity contribution in [1.29, 1.82) is 0 Å². The first kappa shape index (κ1) is 18.9. The van der Waals surface area contributed by atoms with E-state index in [-0.39, 0.29) is 5.69 Å². The van der Waals surface area contributed by atoms with E-state index < -0.39 is 24.4 Å². The smallest absolute Gasteiger partial charge is 0.358 e. The van der Waals surface area contributed by atoms with Crippen molar-refractivity contribution in [2.45, 2.75) is 13.3 Å². The number of rotatable bonds is 6. The first-order valence-electron chi connectivity index (χ1n) is 8.16. The van der Waals surface area contributed by atoms with Crippen molar-refractivity contribution in [3.8, 4) is 10.6 Å². The molecule has 27 heavy (non-hydrogen) atoms. The molecule has 2 amide bonds. The van der Waals surface area contributed by atoms with Crippen LogP contribution in [-0.4, -0.2) is 29.4 Å². The van der Waals surface area contributed by atoms with Gasteiger partial charge in [0.2, 0.25) is 0 Å². The van der Waals surface area contributed by atoms with Gasteiger partial charge >= 0.3 is 5.97 Å². The van der Waals surface area contributed by atoms with Crippen molar-refractivity contribution in [2.24, 2.45) is 0 Å². The Bertz CT molecular complexity index is 947. The number of imide groups is 1. The number of benzene rings is 1. The van der Waals surface area contributed by atoms with Gasteiger partial charge < -0.3 is 4.74 Å². The fraction of sp³-hybridized carbons (Fsp3) is 0.158. The van der Waals surface area contributed by atoms with Crippen LogP contribution in [0.15, 0.2) is 47.2 Å². The monoisotopic (exact) mass is 400 g/mol. The fourth-order valence-corrected chi connectivity index (χ4v) is 3.63. The Kier molecular flexibility index (Phi) is 6.10. The van der Waals surface area contributed by atoms with Gasteiger partial charge in [-0.1, -0.05) is 37.3 Å². The molecule has 0 radical (unpaired) electrons. The average Bonchev–Trinajstić information content (AvgIpc) is 3.38. The molecule has 3 rings (SSSR count). The summed E-state index contributed by atoms with van der Waals surface area (Å²) in [6.45, 7) is 1.53. The summed E-state index contributed by atoms with van der Waals surface area (Å²) in [5.41, 5.74) is 2.26. The Labute approximate surface area is 163 Å². The van der Waals surface area contributed by atoms with E-state index in [4.69, 9.17) is 4.74 Å². The SMILES string of the molecule is CCc1ccc(-c2nc(C(=O)OCC(=O)NC(=O)c3cccs3)cs2)cc1. The van der Waals surface area contributed by atoms with E-state index in [9.17, 15) is 14.4 Å². The highest BCUT2D eigenvalue weighted by atomic mass is 32.1. The van der Waals surface area contributed by atoms with Crippen LogP contribution in [0.4, 0.5) is 0 Å². The third kappa shape index (κ3) is 4.87. The van der Waals surface area contributed by atoms with Gasteiger partial charge in [-0.05, 0) is 23.4 Å². The van der Waals surface area contributed by atoms with Crippen LogP contribution < -0.4 is 5.32 Å². The molecule has 0 atom stereocenters. The van der Waals surface area contributed by atoms with Gasteiger partial charge in [-0.2, -0.15) is 0 Å². The van der Waals surface area contributed by atoms with Gasteiger partial charge in [0.15, 0.2) is 12.3 Å². The van der Waals surface area contributed by atoms with Gasteiger partial charge in [0.1, 0.15) is 5.01 Å². The minimum Gasteiger partial charge on any atom is -0.451 e. The number of thiophene rings is 1. The Morgan fingerprint density at radius 3 is 2.56 bits per heavy atom. The van der Waals surface area contributed by atoms with E-state index in [0.29, 0.717) is 9.88 Å². The first-order chi connectivity index (χ1) is 13.1. The molecule has 0 aliphatic carbocycles. The van der Waals surface area contributed by atoms with Crippen LogP contribution in [0.25, 0.3) is 10.6 Å². The highest BCUT2D eigenvalue weighted by Gasteiger charge is 2.17. The van der Waals surface area contributed by atoms with E-state index in [1.165, 1.54) is 28.2 Å². The lowest BCUT2D eigenvalue weighted by Gasteiger charge is -2.03. The van der Waals surface area contributed by atoms with Crippen molar-refractivity contribution >= 4 is 40.5 Å². The van der Waals surface area contributed by atoms with Gasteiger partial charge in [0.05, 0.1) is 4.88 Å². The second kappa shape index (κ2) is 8.70. The third-order valence-corrected chi connectivity index (χ3v) is 5.41. The van der Waals surface area contributed by atoms with Crippen molar-refractivity contribution in [1.82, 2.24) is 10.3 Å². The maximum atomic E-state index is 12.1. The van der Waals surface area contributed by atoms with Crippen LogP contribution in [0, 0.1) is 0 Å². The Morgan fingerprint density at radius 2 is 1.89 bits per heavy atom. The van der Waals surface area contributed by atoms with Crippen LogP contribution in [-0.2, 0) is 16.0 Å². The Hall–Kier alpha value is -2.84. The molecule has 0 unspecified atom stereocenters. The number of carbonyl (C=O) groups excluding carboxylic acids is 3. The predicted molar refractivity (Wildman–Crippen MR) is 104 cm³/mol. The molecule has 6 nitrogen and oxygen atoms in total. The third-order valence-electron chi connectivity index (χ3n) is 3.65. The largest absolute Gasteiger partial charge is 0.451 e.